The number of nitro groups is 1. The number of piperazine rings is 1. The lowest BCUT2D eigenvalue weighted by Gasteiger charge is -2.34. The van der Waals surface area contributed by atoms with Crippen LogP contribution in [0.4, 0.5) is 22.1 Å². The predicted molar refractivity (Wildman–Crippen MR) is 105 cm³/mol. The molecule has 1 N–H and O–H groups in total. The van der Waals surface area contributed by atoms with Crippen molar-refractivity contribution in [3.63, 3.8) is 0 Å². The third-order valence-corrected chi connectivity index (χ3v) is 5.29. The number of carbonyl (C=O) groups excluding carboxylic acids is 1. The van der Waals surface area contributed by atoms with Crippen LogP contribution in [0.2, 0.25) is 0 Å². The minimum atomic E-state index is -0.411. The molecule has 154 valence electrons. The van der Waals surface area contributed by atoms with Gasteiger partial charge < -0.3 is 19.9 Å². The van der Waals surface area contributed by atoms with E-state index in [2.05, 4.69) is 15.3 Å². The maximum atomic E-state index is 11.9. The van der Waals surface area contributed by atoms with Crippen molar-refractivity contribution in [1.82, 2.24) is 14.9 Å². The fraction of sp³-hybridized carbons (Fsp3) is 0.722. The topological polar surface area (TPSA) is 114 Å². The van der Waals surface area contributed by atoms with E-state index >= 15 is 0 Å². The molecule has 1 saturated heterocycles. The molecule has 1 amide bonds. The first-order valence-electron chi connectivity index (χ1n) is 10.0. The quantitative estimate of drug-likeness (QED) is 0.462. The molecule has 10 heteroatoms. The third kappa shape index (κ3) is 4.79. The Morgan fingerprint density at radius 2 is 1.89 bits per heavy atom. The van der Waals surface area contributed by atoms with Gasteiger partial charge in [-0.25, -0.2) is 14.8 Å². The number of carbonyl (C=O) groups is 1. The summed E-state index contributed by atoms with van der Waals surface area (Å²) in [6, 6.07) is 0.199. The fourth-order valence-corrected chi connectivity index (χ4v) is 3.81. The highest BCUT2D eigenvalue weighted by atomic mass is 16.6. The van der Waals surface area contributed by atoms with Crippen LogP contribution in [0.15, 0.2) is 6.33 Å². The van der Waals surface area contributed by atoms with E-state index in [-0.39, 0.29) is 23.6 Å². The first-order valence-corrected chi connectivity index (χ1v) is 10.0. The SMILES string of the molecule is CCOC(=O)N1CCN(c2ncnc(NC3CCCCCC3)c2[N+](=O)[O-])CC1. The summed E-state index contributed by atoms with van der Waals surface area (Å²) in [5, 5.41) is 15.1. The van der Waals surface area contributed by atoms with Gasteiger partial charge in [0.2, 0.25) is 11.6 Å². The Balaban J connectivity index is 1.74. The van der Waals surface area contributed by atoms with E-state index in [4.69, 9.17) is 4.74 Å². The van der Waals surface area contributed by atoms with Crippen molar-refractivity contribution < 1.29 is 14.5 Å². The van der Waals surface area contributed by atoms with Crippen molar-refractivity contribution in [2.75, 3.05) is 43.0 Å². The molecule has 0 aromatic carbocycles. The van der Waals surface area contributed by atoms with Crippen LogP contribution in [0.3, 0.4) is 0 Å². The smallest absolute Gasteiger partial charge is 0.409 e. The second-order valence-electron chi connectivity index (χ2n) is 7.16. The second-order valence-corrected chi connectivity index (χ2v) is 7.16. The summed E-state index contributed by atoms with van der Waals surface area (Å²) in [6.45, 7) is 3.88. The highest BCUT2D eigenvalue weighted by Gasteiger charge is 2.31. The molecular weight excluding hydrogens is 364 g/mol. The molecule has 2 aliphatic rings. The van der Waals surface area contributed by atoms with E-state index in [1.807, 2.05) is 4.90 Å². The van der Waals surface area contributed by atoms with Gasteiger partial charge in [-0.2, -0.15) is 0 Å². The van der Waals surface area contributed by atoms with E-state index in [1.54, 1.807) is 11.8 Å². The summed E-state index contributed by atoms with van der Waals surface area (Å²) in [6.07, 6.45) is 7.68. The number of amides is 1. The van der Waals surface area contributed by atoms with Crippen LogP contribution in [0, 0.1) is 10.1 Å². The van der Waals surface area contributed by atoms with E-state index in [0.717, 1.165) is 25.7 Å². The molecule has 3 rings (SSSR count). The van der Waals surface area contributed by atoms with Crippen molar-refractivity contribution in [3.8, 4) is 0 Å². The molecule has 2 heterocycles. The monoisotopic (exact) mass is 392 g/mol. The molecule has 10 nitrogen and oxygen atoms in total. The van der Waals surface area contributed by atoms with Crippen molar-refractivity contribution >= 4 is 23.4 Å². The van der Waals surface area contributed by atoms with Gasteiger partial charge in [-0.15, -0.1) is 0 Å². The molecule has 0 spiro atoms. The summed E-state index contributed by atoms with van der Waals surface area (Å²) in [5.41, 5.74) is -0.0867. The van der Waals surface area contributed by atoms with Gasteiger partial charge in [-0.3, -0.25) is 10.1 Å². The Morgan fingerprint density at radius 1 is 1.21 bits per heavy atom. The number of anilines is 2. The highest BCUT2D eigenvalue weighted by molar-refractivity contribution is 5.72. The van der Waals surface area contributed by atoms with Crippen LogP contribution in [0.1, 0.15) is 45.4 Å². The zero-order chi connectivity index (χ0) is 19.9. The van der Waals surface area contributed by atoms with Gasteiger partial charge in [0.05, 0.1) is 11.5 Å². The summed E-state index contributed by atoms with van der Waals surface area (Å²) < 4.78 is 5.02. The minimum absolute atomic E-state index is 0.0867. The van der Waals surface area contributed by atoms with Crippen molar-refractivity contribution in [2.24, 2.45) is 0 Å². The second kappa shape index (κ2) is 9.52. The zero-order valence-corrected chi connectivity index (χ0v) is 16.3. The Labute approximate surface area is 164 Å². The molecule has 2 fully saturated rings. The molecule has 1 aliphatic heterocycles. The van der Waals surface area contributed by atoms with Crippen molar-refractivity contribution in [3.05, 3.63) is 16.4 Å². The summed E-state index contributed by atoms with van der Waals surface area (Å²) in [4.78, 5) is 35.1. The Hall–Kier alpha value is -2.65. The lowest BCUT2D eigenvalue weighted by atomic mass is 10.1. The number of aromatic nitrogens is 2. The van der Waals surface area contributed by atoms with E-state index < -0.39 is 4.92 Å². The van der Waals surface area contributed by atoms with Gasteiger partial charge in [-0.05, 0) is 19.8 Å². The van der Waals surface area contributed by atoms with Gasteiger partial charge in [0.15, 0.2) is 0 Å². The highest BCUT2D eigenvalue weighted by Crippen LogP contribution is 2.33. The van der Waals surface area contributed by atoms with Crippen LogP contribution in [0.5, 0.6) is 0 Å². The Bertz CT molecular complexity index is 685. The van der Waals surface area contributed by atoms with Gasteiger partial charge in [0.25, 0.3) is 0 Å². The Morgan fingerprint density at radius 3 is 2.50 bits per heavy atom. The first-order chi connectivity index (χ1) is 13.6. The molecule has 0 bridgehead atoms. The van der Waals surface area contributed by atoms with Gasteiger partial charge in [0.1, 0.15) is 6.33 Å². The molecular formula is C18H28N6O4. The van der Waals surface area contributed by atoms with Crippen LogP contribution < -0.4 is 10.2 Å². The van der Waals surface area contributed by atoms with Crippen LogP contribution in [-0.2, 0) is 4.74 Å². The summed E-state index contributed by atoms with van der Waals surface area (Å²) in [5.74, 6) is 0.592. The van der Waals surface area contributed by atoms with Crippen LogP contribution in [0.25, 0.3) is 0 Å². The predicted octanol–water partition coefficient (Wildman–Crippen LogP) is 2.80. The molecule has 1 aromatic rings. The number of nitrogens with zero attached hydrogens (tertiary/aromatic N) is 5. The average Bonchev–Trinajstić information content (AvgIpc) is 2.96. The van der Waals surface area contributed by atoms with E-state index in [9.17, 15) is 14.9 Å². The molecule has 1 aliphatic carbocycles. The van der Waals surface area contributed by atoms with Gasteiger partial charge in [-0.1, -0.05) is 25.7 Å². The molecule has 0 unspecified atom stereocenters. The van der Waals surface area contributed by atoms with Crippen LogP contribution >= 0.6 is 0 Å². The van der Waals surface area contributed by atoms with Crippen molar-refractivity contribution in [1.29, 1.82) is 0 Å². The normalized spacial score (nSPS) is 18.5. The van der Waals surface area contributed by atoms with Crippen molar-refractivity contribution in [2.45, 2.75) is 51.5 Å². The van der Waals surface area contributed by atoms with E-state index in [0.29, 0.717) is 38.6 Å². The summed E-state index contributed by atoms with van der Waals surface area (Å²) in [7, 11) is 0. The molecule has 0 radical (unpaired) electrons. The van der Waals surface area contributed by atoms with Gasteiger partial charge in [0, 0.05) is 32.2 Å². The number of hydrogen-bond acceptors (Lipinski definition) is 8. The third-order valence-electron chi connectivity index (χ3n) is 5.29. The lowest BCUT2D eigenvalue weighted by molar-refractivity contribution is -0.383. The molecule has 1 saturated carbocycles. The average molecular weight is 392 g/mol. The van der Waals surface area contributed by atoms with Gasteiger partial charge >= 0.3 is 11.8 Å². The maximum Gasteiger partial charge on any atom is 0.409 e. The van der Waals surface area contributed by atoms with E-state index in [1.165, 1.54) is 19.2 Å². The number of ether oxygens (including phenoxy) is 1. The zero-order valence-electron chi connectivity index (χ0n) is 16.3. The number of hydrogen-bond donors (Lipinski definition) is 1. The minimum Gasteiger partial charge on any atom is -0.450 e. The number of nitrogens with one attached hydrogen (secondary N) is 1. The Kier molecular flexibility index (Phi) is 6.83. The molecule has 1 aromatic heterocycles. The summed E-state index contributed by atoms with van der Waals surface area (Å²) >= 11 is 0. The molecule has 0 atom stereocenters. The van der Waals surface area contributed by atoms with Crippen LogP contribution in [-0.4, -0.2) is 64.7 Å². The largest absolute Gasteiger partial charge is 0.450 e. The fourth-order valence-electron chi connectivity index (χ4n) is 3.81. The number of rotatable bonds is 5. The molecule has 28 heavy (non-hydrogen) atoms. The lowest BCUT2D eigenvalue weighted by Crippen LogP contribution is -2.49. The standard InChI is InChI=1S/C18H28N6O4/c1-2-28-18(25)23-11-9-22(10-12-23)17-15(24(26)27)16(19-13-20-17)21-14-7-5-3-4-6-8-14/h13-14H,2-12H2,1H3,(H,19,20,21). The maximum absolute atomic E-state index is 11.9. The first kappa shape index (κ1) is 20.1.